The van der Waals surface area contributed by atoms with E-state index in [0.29, 0.717) is 17.4 Å². The number of rotatable bonds is 3. The van der Waals surface area contributed by atoms with Gasteiger partial charge in [-0.3, -0.25) is 4.79 Å². The third-order valence-corrected chi connectivity index (χ3v) is 5.98. The zero-order chi connectivity index (χ0) is 16.0. The zero-order valence-electron chi connectivity index (χ0n) is 13.6. The lowest BCUT2D eigenvalue weighted by atomic mass is 9.44. The van der Waals surface area contributed by atoms with E-state index in [4.69, 9.17) is 4.74 Å². The Hall–Kier alpha value is -1.84. The molecule has 3 aliphatic carbocycles. The summed E-state index contributed by atoms with van der Waals surface area (Å²) in [7, 11) is 1.40. The SMILES string of the molecule is COC(=O)c1cccc(C2CCCN(C(=O)C34CC(C3)C4)C2)c1. The predicted molar refractivity (Wildman–Crippen MR) is 86.1 cm³/mol. The maximum absolute atomic E-state index is 12.8. The first-order valence-electron chi connectivity index (χ1n) is 8.59. The van der Waals surface area contributed by atoms with E-state index in [1.54, 1.807) is 6.07 Å². The van der Waals surface area contributed by atoms with Crippen LogP contribution in [0.4, 0.5) is 0 Å². The molecule has 1 heterocycles. The Morgan fingerprint density at radius 2 is 2.04 bits per heavy atom. The van der Waals surface area contributed by atoms with Gasteiger partial charge in [0.25, 0.3) is 0 Å². The molecule has 23 heavy (non-hydrogen) atoms. The Labute approximate surface area is 136 Å². The first-order chi connectivity index (χ1) is 11.1. The summed E-state index contributed by atoms with van der Waals surface area (Å²) < 4.78 is 4.81. The third kappa shape index (κ3) is 2.35. The topological polar surface area (TPSA) is 46.6 Å². The number of piperidine rings is 1. The average molecular weight is 313 g/mol. The fraction of sp³-hybridized carbons (Fsp3) is 0.579. The number of benzene rings is 1. The maximum atomic E-state index is 12.8. The molecule has 5 rings (SSSR count). The van der Waals surface area contributed by atoms with Crippen molar-refractivity contribution in [3.8, 4) is 0 Å². The number of amides is 1. The lowest BCUT2D eigenvalue weighted by Gasteiger charge is -2.61. The van der Waals surface area contributed by atoms with Gasteiger partial charge < -0.3 is 9.64 Å². The van der Waals surface area contributed by atoms with Crippen LogP contribution in [0.5, 0.6) is 0 Å². The number of methoxy groups -OCH3 is 1. The van der Waals surface area contributed by atoms with Gasteiger partial charge in [0.15, 0.2) is 0 Å². The standard InChI is InChI=1S/C19H23NO3/c1-23-17(21)15-5-2-4-14(8-15)16-6-3-7-20(12-16)18(22)19-9-13(10-19)11-19/h2,4-5,8,13,16H,3,6-7,9-12H2,1H3. The highest BCUT2D eigenvalue weighted by molar-refractivity contribution is 5.89. The normalized spacial score (nSPS) is 31.8. The quantitative estimate of drug-likeness (QED) is 0.806. The molecule has 1 unspecified atom stereocenters. The van der Waals surface area contributed by atoms with Gasteiger partial charge in [0, 0.05) is 19.0 Å². The van der Waals surface area contributed by atoms with E-state index in [9.17, 15) is 9.59 Å². The van der Waals surface area contributed by atoms with Crippen molar-refractivity contribution in [1.29, 1.82) is 0 Å². The molecule has 4 heteroatoms. The Balaban J connectivity index is 1.49. The van der Waals surface area contributed by atoms with Gasteiger partial charge in [-0.05, 0) is 55.7 Å². The van der Waals surface area contributed by atoms with Crippen molar-refractivity contribution < 1.29 is 14.3 Å². The molecule has 1 saturated heterocycles. The van der Waals surface area contributed by atoms with Gasteiger partial charge in [-0.25, -0.2) is 4.79 Å². The van der Waals surface area contributed by atoms with Crippen LogP contribution in [0.1, 0.15) is 53.9 Å². The van der Waals surface area contributed by atoms with Crippen LogP contribution in [0.2, 0.25) is 0 Å². The zero-order valence-corrected chi connectivity index (χ0v) is 13.6. The van der Waals surface area contributed by atoms with E-state index in [1.165, 1.54) is 7.11 Å². The van der Waals surface area contributed by atoms with Crippen LogP contribution in [0.25, 0.3) is 0 Å². The second-order valence-corrected chi connectivity index (χ2v) is 7.47. The molecule has 1 aromatic carbocycles. The fourth-order valence-corrected chi connectivity index (χ4v) is 4.55. The summed E-state index contributed by atoms with van der Waals surface area (Å²) in [4.78, 5) is 26.6. The highest BCUT2D eigenvalue weighted by atomic mass is 16.5. The summed E-state index contributed by atoms with van der Waals surface area (Å²) in [6, 6.07) is 7.67. The molecule has 4 aliphatic rings. The summed E-state index contributed by atoms with van der Waals surface area (Å²) in [5.74, 6) is 1.24. The molecule has 1 aromatic rings. The number of likely N-dealkylation sites (tertiary alicyclic amines) is 1. The van der Waals surface area contributed by atoms with E-state index in [1.807, 2.05) is 12.1 Å². The minimum Gasteiger partial charge on any atom is -0.465 e. The van der Waals surface area contributed by atoms with Gasteiger partial charge in [-0.15, -0.1) is 0 Å². The highest BCUT2D eigenvalue weighted by Crippen LogP contribution is 2.65. The lowest BCUT2D eigenvalue weighted by Crippen LogP contribution is -2.62. The number of ether oxygens (including phenoxy) is 1. The number of carbonyl (C=O) groups is 2. The lowest BCUT2D eigenvalue weighted by molar-refractivity contribution is -0.178. The number of nitrogens with zero attached hydrogens (tertiary/aromatic N) is 1. The van der Waals surface area contributed by atoms with E-state index >= 15 is 0 Å². The van der Waals surface area contributed by atoms with Gasteiger partial charge in [0.05, 0.1) is 18.1 Å². The minimum atomic E-state index is -0.301. The first-order valence-corrected chi connectivity index (χ1v) is 8.59. The summed E-state index contributed by atoms with van der Waals surface area (Å²) in [6.07, 6.45) is 5.46. The Morgan fingerprint density at radius 1 is 1.26 bits per heavy atom. The fourth-order valence-electron chi connectivity index (χ4n) is 4.55. The maximum Gasteiger partial charge on any atom is 0.337 e. The number of hydrogen-bond donors (Lipinski definition) is 0. The van der Waals surface area contributed by atoms with E-state index in [2.05, 4.69) is 11.0 Å². The third-order valence-electron chi connectivity index (χ3n) is 5.98. The molecule has 122 valence electrons. The summed E-state index contributed by atoms with van der Waals surface area (Å²) in [6.45, 7) is 1.67. The smallest absolute Gasteiger partial charge is 0.337 e. The molecule has 0 spiro atoms. The first kappa shape index (κ1) is 14.7. The molecule has 0 radical (unpaired) electrons. The van der Waals surface area contributed by atoms with E-state index in [-0.39, 0.29) is 11.4 Å². The Morgan fingerprint density at radius 3 is 2.70 bits per heavy atom. The van der Waals surface area contributed by atoms with Crippen LogP contribution in [0.15, 0.2) is 24.3 Å². The molecule has 0 aromatic heterocycles. The van der Waals surface area contributed by atoms with Crippen LogP contribution in [0.3, 0.4) is 0 Å². The molecular formula is C19H23NO3. The van der Waals surface area contributed by atoms with Crippen LogP contribution in [-0.4, -0.2) is 37.0 Å². The van der Waals surface area contributed by atoms with Crippen molar-refractivity contribution in [3.63, 3.8) is 0 Å². The number of carbonyl (C=O) groups excluding carboxylic acids is 2. The van der Waals surface area contributed by atoms with E-state index < -0.39 is 0 Å². The van der Waals surface area contributed by atoms with Gasteiger partial charge in [0.2, 0.25) is 5.91 Å². The van der Waals surface area contributed by atoms with E-state index in [0.717, 1.165) is 56.7 Å². The number of hydrogen-bond acceptors (Lipinski definition) is 3. The molecule has 2 bridgehead atoms. The highest BCUT2D eigenvalue weighted by Gasteiger charge is 2.62. The summed E-state index contributed by atoms with van der Waals surface area (Å²) in [5.41, 5.74) is 1.75. The second kappa shape index (κ2) is 5.36. The van der Waals surface area contributed by atoms with Crippen molar-refractivity contribution in [2.45, 2.75) is 38.0 Å². The average Bonchev–Trinajstić information content (AvgIpc) is 2.51. The summed E-state index contributed by atoms with van der Waals surface area (Å²) >= 11 is 0. The van der Waals surface area contributed by atoms with Crippen molar-refractivity contribution in [2.24, 2.45) is 11.3 Å². The van der Waals surface area contributed by atoms with Crippen molar-refractivity contribution >= 4 is 11.9 Å². The minimum absolute atomic E-state index is 0.0143. The molecule has 1 atom stereocenters. The largest absolute Gasteiger partial charge is 0.465 e. The van der Waals surface area contributed by atoms with Crippen molar-refractivity contribution in [1.82, 2.24) is 4.90 Å². The van der Waals surface area contributed by atoms with Crippen LogP contribution >= 0.6 is 0 Å². The van der Waals surface area contributed by atoms with Crippen molar-refractivity contribution in [2.75, 3.05) is 20.2 Å². The Kier molecular flexibility index (Phi) is 3.43. The van der Waals surface area contributed by atoms with Crippen LogP contribution in [0, 0.1) is 11.3 Å². The molecule has 0 N–H and O–H groups in total. The molecule has 4 nitrogen and oxygen atoms in total. The molecule has 4 fully saturated rings. The monoisotopic (exact) mass is 313 g/mol. The van der Waals surface area contributed by atoms with Gasteiger partial charge in [0.1, 0.15) is 0 Å². The molecule has 1 aliphatic heterocycles. The van der Waals surface area contributed by atoms with Crippen LogP contribution in [-0.2, 0) is 9.53 Å². The molecule has 1 amide bonds. The predicted octanol–water partition coefficient (Wildman–Crippen LogP) is 2.98. The number of esters is 1. The summed E-state index contributed by atoms with van der Waals surface area (Å²) in [5, 5.41) is 0. The second-order valence-electron chi connectivity index (χ2n) is 7.47. The van der Waals surface area contributed by atoms with Crippen LogP contribution < -0.4 is 0 Å². The Bertz CT molecular complexity index is 637. The van der Waals surface area contributed by atoms with Gasteiger partial charge >= 0.3 is 5.97 Å². The van der Waals surface area contributed by atoms with Gasteiger partial charge in [-0.2, -0.15) is 0 Å². The van der Waals surface area contributed by atoms with Crippen molar-refractivity contribution in [3.05, 3.63) is 35.4 Å². The van der Waals surface area contributed by atoms with Gasteiger partial charge in [-0.1, -0.05) is 12.1 Å². The molecule has 3 saturated carbocycles. The molecular weight excluding hydrogens is 290 g/mol.